The Kier molecular flexibility index (Phi) is 5.59. The number of halogens is 2. The third-order valence-electron chi connectivity index (χ3n) is 4.68. The first-order chi connectivity index (χ1) is 13.3. The first-order valence-electron chi connectivity index (χ1n) is 8.69. The molecule has 2 aromatic rings. The number of fused-ring (bicyclic) bond motifs is 1. The smallest absolute Gasteiger partial charge is 0.449 e. The van der Waals surface area contributed by atoms with Crippen molar-refractivity contribution in [3.63, 3.8) is 0 Å². The molecule has 1 aromatic carbocycles. The average molecular weight is 395 g/mol. The Morgan fingerprint density at radius 2 is 1.93 bits per heavy atom. The van der Waals surface area contributed by atoms with Crippen molar-refractivity contribution in [3.05, 3.63) is 34.1 Å². The van der Waals surface area contributed by atoms with Gasteiger partial charge in [0.15, 0.2) is 11.6 Å². The van der Waals surface area contributed by atoms with Gasteiger partial charge in [0.05, 0.1) is 10.9 Å². The topological polar surface area (TPSA) is 103 Å². The summed E-state index contributed by atoms with van der Waals surface area (Å²) >= 11 is 0. The van der Waals surface area contributed by atoms with Gasteiger partial charge in [-0.25, -0.2) is 13.6 Å². The van der Waals surface area contributed by atoms with Gasteiger partial charge in [-0.15, -0.1) is 0 Å². The number of ketones is 1. The molecule has 3 rings (SSSR count). The lowest BCUT2D eigenvalue weighted by Crippen LogP contribution is -2.47. The molecule has 1 aliphatic rings. The highest BCUT2D eigenvalue weighted by molar-refractivity contribution is 5.85. The molecule has 0 bridgehead atoms. The largest absolute Gasteiger partial charge is 0.511 e. The summed E-state index contributed by atoms with van der Waals surface area (Å²) in [5.74, 6) is -2.32. The van der Waals surface area contributed by atoms with Crippen molar-refractivity contribution in [2.75, 3.05) is 37.6 Å². The monoisotopic (exact) mass is 395 g/mol. The number of H-pyrrole nitrogens is 1. The molecule has 0 aliphatic carbocycles. The number of aromatic nitrogens is 1. The fourth-order valence-corrected chi connectivity index (χ4v) is 3.24. The molecule has 0 unspecified atom stereocenters. The van der Waals surface area contributed by atoms with E-state index in [0.717, 1.165) is 12.3 Å². The Morgan fingerprint density at radius 1 is 1.25 bits per heavy atom. The van der Waals surface area contributed by atoms with Gasteiger partial charge >= 0.3 is 6.16 Å². The van der Waals surface area contributed by atoms with Crippen LogP contribution in [0.5, 0.6) is 5.75 Å². The molecule has 1 saturated heterocycles. The van der Waals surface area contributed by atoms with Crippen LogP contribution in [-0.2, 0) is 4.79 Å². The number of nitrogens with one attached hydrogen (secondary N) is 1. The fourth-order valence-electron chi connectivity index (χ4n) is 3.24. The molecule has 0 saturated carbocycles. The molecule has 0 radical (unpaired) electrons. The maximum Gasteiger partial charge on any atom is 0.511 e. The zero-order valence-electron chi connectivity index (χ0n) is 15.1. The number of aromatic amines is 1. The summed E-state index contributed by atoms with van der Waals surface area (Å²) in [5, 5.41) is 8.29. The predicted octanol–water partition coefficient (Wildman–Crippen LogP) is 1.96. The minimum absolute atomic E-state index is 0.0873. The molecular weight excluding hydrogens is 376 g/mol. The van der Waals surface area contributed by atoms with E-state index in [1.54, 1.807) is 4.90 Å². The third-order valence-corrected chi connectivity index (χ3v) is 4.68. The number of benzene rings is 1. The van der Waals surface area contributed by atoms with E-state index >= 15 is 0 Å². The lowest BCUT2D eigenvalue weighted by Gasteiger charge is -2.36. The zero-order chi connectivity index (χ0) is 20.4. The number of ether oxygens (including phenoxy) is 1. The summed E-state index contributed by atoms with van der Waals surface area (Å²) in [6.45, 7) is 3.94. The summed E-state index contributed by atoms with van der Waals surface area (Å²) in [6.07, 6.45) is -0.339. The number of carbonyl (C=O) groups excluding carboxylic acids is 1. The molecule has 8 nitrogen and oxygen atoms in total. The van der Waals surface area contributed by atoms with Gasteiger partial charge in [0.25, 0.3) is 0 Å². The SMILES string of the molecule is CC(=O)CCN1CCN(c2c(F)cc3c(=O)c(OC(=O)O)c[nH]c3c2F)CC1. The molecular formula is C18H19F2N3O5. The van der Waals surface area contributed by atoms with Crippen molar-refractivity contribution in [2.45, 2.75) is 13.3 Å². The Labute approximate surface area is 158 Å². The highest BCUT2D eigenvalue weighted by Gasteiger charge is 2.25. The zero-order valence-corrected chi connectivity index (χ0v) is 15.1. The van der Waals surface area contributed by atoms with Gasteiger partial charge in [0.1, 0.15) is 17.3 Å². The molecule has 2 N–H and O–H groups in total. The maximum atomic E-state index is 15.0. The number of Topliss-reactive ketones (excluding diaryl/α,β-unsaturated/α-hetero) is 1. The number of pyridine rings is 1. The second-order valence-corrected chi connectivity index (χ2v) is 6.57. The summed E-state index contributed by atoms with van der Waals surface area (Å²) in [7, 11) is 0. The van der Waals surface area contributed by atoms with E-state index in [1.807, 2.05) is 4.90 Å². The Morgan fingerprint density at radius 3 is 2.54 bits per heavy atom. The van der Waals surface area contributed by atoms with Crippen molar-refractivity contribution < 1.29 is 28.2 Å². The molecule has 1 fully saturated rings. The lowest BCUT2D eigenvalue weighted by atomic mass is 10.1. The number of rotatable bonds is 5. The molecule has 1 aliphatic heterocycles. The number of nitrogens with zero attached hydrogens (tertiary/aromatic N) is 2. The minimum Gasteiger partial charge on any atom is -0.449 e. The van der Waals surface area contributed by atoms with Crippen LogP contribution in [0.25, 0.3) is 10.9 Å². The second kappa shape index (κ2) is 7.93. The van der Waals surface area contributed by atoms with E-state index in [1.165, 1.54) is 6.92 Å². The summed E-state index contributed by atoms with van der Waals surface area (Å²) < 4.78 is 33.9. The third kappa shape index (κ3) is 3.96. The first-order valence-corrected chi connectivity index (χ1v) is 8.69. The first kappa shape index (κ1) is 19.7. The lowest BCUT2D eigenvalue weighted by molar-refractivity contribution is -0.117. The molecule has 150 valence electrons. The number of anilines is 1. The van der Waals surface area contributed by atoms with Gasteiger partial charge in [-0.2, -0.15) is 0 Å². The summed E-state index contributed by atoms with van der Waals surface area (Å²) in [5.41, 5.74) is -1.39. The van der Waals surface area contributed by atoms with Gasteiger partial charge < -0.3 is 19.7 Å². The van der Waals surface area contributed by atoms with Crippen molar-refractivity contribution in [1.82, 2.24) is 9.88 Å². The van der Waals surface area contributed by atoms with E-state index in [2.05, 4.69) is 9.72 Å². The van der Waals surface area contributed by atoms with Crippen LogP contribution >= 0.6 is 0 Å². The van der Waals surface area contributed by atoms with Crippen LogP contribution in [0.15, 0.2) is 17.1 Å². The highest BCUT2D eigenvalue weighted by atomic mass is 19.1. The molecule has 1 aromatic heterocycles. The number of piperazine rings is 1. The normalized spacial score (nSPS) is 15.0. The van der Waals surface area contributed by atoms with Crippen LogP contribution < -0.4 is 15.1 Å². The summed E-state index contributed by atoms with van der Waals surface area (Å²) in [4.78, 5) is 40.0. The molecule has 0 amide bonds. The van der Waals surface area contributed by atoms with Gasteiger partial charge in [-0.1, -0.05) is 0 Å². The fraction of sp³-hybridized carbons (Fsp3) is 0.389. The van der Waals surface area contributed by atoms with Crippen molar-refractivity contribution in [1.29, 1.82) is 0 Å². The van der Waals surface area contributed by atoms with Gasteiger partial charge in [-0.05, 0) is 13.0 Å². The molecule has 0 atom stereocenters. The average Bonchev–Trinajstić information content (AvgIpc) is 2.63. The molecule has 2 heterocycles. The van der Waals surface area contributed by atoms with Gasteiger partial charge in [0.2, 0.25) is 5.43 Å². The molecule has 0 spiro atoms. The number of carboxylic acid groups (broad SMARTS) is 1. The van der Waals surface area contributed by atoms with Gasteiger partial charge in [-0.3, -0.25) is 14.5 Å². The summed E-state index contributed by atoms with van der Waals surface area (Å²) in [6, 6.07) is 0.878. The van der Waals surface area contributed by atoms with E-state index in [9.17, 15) is 23.2 Å². The molecule has 10 heteroatoms. The van der Waals surface area contributed by atoms with E-state index in [4.69, 9.17) is 5.11 Å². The number of carbonyl (C=O) groups is 2. The molecule has 28 heavy (non-hydrogen) atoms. The van der Waals surface area contributed by atoms with Crippen LogP contribution in [-0.4, -0.2) is 59.7 Å². The second-order valence-electron chi connectivity index (χ2n) is 6.57. The van der Waals surface area contributed by atoms with E-state index in [-0.39, 0.29) is 22.4 Å². The van der Waals surface area contributed by atoms with Crippen molar-refractivity contribution >= 4 is 28.5 Å². The van der Waals surface area contributed by atoms with Crippen LogP contribution in [0.4, 0.5) is 19.3 Å². The standard InChI is InChI=1S/C18H19F2N3O5/c1-10(24)2-3-22-4-6-23(7-5-22)16-12(19)8-11-15(14(16)20)21-9-13(17(11)25)28-18(26)27/h8-9H,2-7H2,1H3,(H,21,25)(H,26,27). The van der Waals surface area contributed by atoms with Crippen molar-refractivity contribution in [2.24, 2.45) is 0 Å². The van der Waals surface area contributed by atoms with E-state index < -0.39 is 29.0 Å². The van der Waals surface area contributed by atoms with Crippen LogP contribution in [0.3, 0.4) is 0 Å². The van der Waals surface area contributed by atoms with E-state index in [0.29, 0.717) is 39.1 Å². The number of hydrogen-bond donors (Lipinski definition) is 2. The predicted molar refractivity (Wildman–Crippen MR) is 97.1 cm³/mol. The van der Waals surface area contributed by atoms with Gasteiger partial charge in [0, 0.05) is 45.3 Å². The van der Waals surface area contributed by atoms with Crippen molar-refractivity contribution in [3.8, 4) is 5.75 Å². The van der Waals surface area contributed by atoms with Crippen LogP contribution in [0, 0.1) is 11.6 Å². The Bertz CT molecular complexity index is 983. The van der Waals surface area contributed by atoms with Crippen LogP contribution in [0.1, 0.15) is 13.3 Å². The Hall–Kier alpha value is -3.01. The Balaban J connectivity index is 1.88. The number of hydrogen-bond acceptors (Lipinski definition) is 6. The van der Waals surface area contributed by atoms with Crippen LogP contribution in [0.2, 0.25) is 0 Å². The highest BCUT2D eigenvalue weighted by Crippen LogP contribution is 2.30. The maximum absolute atomic E-state index is 15.0. The minimum atomic E-state index is -1.70. The quantitative estimate of drug-likeness (QED) is 0.746.